The fourth-order valence-electron chi connectivity index (χ4n) is 6.80. The summed E-state index contributed by atoms with van der Waals surface area (Å²) >= 11 is 0. The van der Waals surface area contributed by atoms with E-state index in [4.69, 9.17) is 0 Å². The molecule has 3 atom stereocenters. The summed E-state index contributed by atoms with van der Waals surface area (Å²) < 4.78 is 0. The number of piperidine rings is 1. The maximum absolute atomic E-state index is 11.3. The smallest absolute Gasteiger partial charge is 0.121 e. The molecule has 0 unspecified atom stereocenters. The number of unbranched alkanes of at least 4 members (excludes halogenated alkanes) is 10. The van der Waals surface area contributed by atoms with Gasteiger partial charge in [-0.1, -0.05) is 145 Å². The predicted octanol–water partition coefficient (Wildman–Crippen LogP) is 10.6. The molecule has 0 amide bonds. The molecule has 1 saturated heterocycles. The third kappa shape index (κ3) is 7.63. The van der Waals surface area contributed by atoms with Crippen molar-refractivity contribution in [2.45, 2.75) is 128 Å². The number of hydrogen-bond donors (Lipinski definition) is 1. The van der Waals surface area contributed by atoms with Crippen molar-refractivity contribution in [3.63, 3.8) is 0 Å². The van der Waals surface area contributed by atoms with E-state index in [9.17, 15) is 5.11 Å². The van der Waals surface area contributed by atoms with Crippen molar-refractivity contribution in [3.8, 4) is 5.75 Å². The van der Waals surface area contributed by atoms with E-state index in [2.05, 4.69) is 79.4 Å². The predicted molar refractivity (Wildman–Crippen MR) is 164 cm³/mol. The van der Waals surface area contributed by atoms with Crippen molar-refractivity contribution in [2.24, 2.45) is 0 Å². The van der Waals surface area contributed by atoms with Gasteiger partial charge in [0.1, 0.15) is 5.75 Å². The van der Waals surface area contributed by atoms with Crippen LogP contribution in [0.15, 0.2) is 66.7 Å². The summed E-state index contributed by atoms with van der Waals surface area (Å²) in [6, 6.07) is 24.5. The lowest BCUT2D eigenvalue weighted by atomic mass is 9.85. The lowest BCUT2D eigenvalue weighted by Crippen LogP contribution is -2.47. The molecule has 0 aliphatic carbocycles. The number of nitrogens with zero attached hydrogens (tertiary/aromatic N) is 1. The minimum Gasteiger partial charge on any atom is -0.508 e. The molecule has 3 aromatic carbocycles. The molecule has 0 aromatic heterocycles. The standard InChI is InChI=1S/C36H51NO/c1-3-4-5-6-7-8-9-10-11-12-16-24-32-25-19-20-29(2)37(32)36(31-22-14-13-15-23-31)35-33-26-18-17-21-30(33)27-28-34(35)38/h13-15,17-18,21-23,26-29,32,36,38H,3-12,16,19-20,24-25H2,1-2H3/t29-,32+,36-/m0/s1. The molecule has 2 nitrogen and oxygen atoms in total. The number of aromatic hydroxyl groups is 1. The van der Waals surface area contributed by atoms with Gasteiger partial charge in [0, 0.05) is 17.6 Å². The molecule has 1 heterocycles. The highest BCUT2D eigenvalue weighted by Gasteiger charge is 2.36. The average molecular weight is 514 g/mol. The van der Waals surface area contributed by atoms with Gasteiger partial charge in [0.15, 0.2) is 0 Å². The van der Waals surface area contributed by atoms with Gasteiger partial charge < -0.3 is 5.11 Å². The first-order chi connectivity index (χ1) is 18.7. The van der Waals surface area contributed by atoms with E-state index >= 15 is 0 Å². The van der Waals surface area contributed by atoms with Gasteiger partial charge in [-0.05, 0) is 48.6 Å². The zero-order valence-corrected chi connectivity index (χ0v) is 24.1. The zero-order valence-electron chi connectivity index (χ0n) is 24.1. The Bertz CT molecular complexity index is 1080. The second kappa shape index (κ2) is 15.3. The highest BCUT2D eigenvalue weighted by molar-refractivity contribution is 5.88. The summed E-state index contributed by atoms with van der Waals surface area (Å²) in [5, 5.41) is 13.7. The van der Waals surface area contributed by atoms with Gasteiger partial charge >= 0.3 is 0 Å². The van der Waals surface area contributed by atoms with Gasteiger partial charge in [0.2, 0.25) is 0 Å². The van der Waals surface area contributed by atoms with Crippen molar-refractivity contribution in [1.82, 2.24) is 4.90 Å². The topological polar surface area (TPSA) is 23.5 Å². The van der Waals surface area contributed by atoms with E-state index in [0.29, 0.717) is 17.8 Å². The Labute approximate surface area is 232 Å². The number of rotatable bonds is 15. The van der Waals surface area contributed by atoms with Crippen LogP contribution in [0.4, 0.5) is 0 Å². The molecule has 0 spiro atoms. The molecule has 0 radical (unpaired) electrons. The summed E-state index contributed by atoms with van der Waals surface area (Å²) in [6.07, 6.45) is 20.4. The Kier molecular flexibility index (Phi) is 11.6. The van der Waals surface area contributed by atoms with Gasteiger partial charge in [0.05, 0.1) is 6.04 Å². The molecule has 4 rings (SSSR count). The first kappa shape index (κ1) is 28.7. The molecule has 206 valence electrons. The molecule has 1 fully saturated rings. The van der Waals surface area contributed by atoms with Gasteiger partial charge in [-0.25, -0.2) is 0 Å². The molecule has 1 aliphatic rings. The Balaban J connectivity index is 1.45. The van der Waals surface area contributed by atoms with Crippen molar-refractivity contribution < 1.29 is 5.11 Å². The summed E-state index contributed by atoms with van der Waals surface area (Å²) in [5.74, 6) is 0.420. The first-order valence-electron chi connectivity index (χ1n) is 15.7. The van der Waals surface area contributed by atoms with Crippen LogP contribution in [0, 0.1) is 0 Å². The highest BCUT2D eigenvalue weighted by atomic mass is 16.3. The lowest BCUT2D eigenvalue weighted by Gasteiger charge is -2.46. The summed E-state index contributed by atoms with van der Waals surface area (Å²) in [7, 11) is 0. The number of fused-ring (bicyclic) bond motifs is 1. The molecule has 1 N–H and O–H groups in total. The van der Waals surface area contributed by atoms with Crippen LogP contribution in [0.1, 0.15) is 127 Å². The Hall–Kier alpha value is -2.32. The van der Waals surface area contributed by atoms with Gasteiger partial charge in [0.25, 0.3) is 0 Å². The number of hydrogen-bond acceptors (Lipinski definition) is 2. The van der Waals surface area contributed by atoms with Crippen molar-refractivity contribution >= 4 is 10.8 Å². The fraction of sp³-hybridized carbons (Fsp3) is 0.556. The molecular weight excluding hydrogens is 462 g/mol. The highest BCUT2D eigenvalue weighted by Crippen LogP contribution is 2.44. The largest absolute Gasteiger partial charge is 0.508 e. The molecule has 38 heavy (non-hydrogen) atoms. The van der Waals surface area contributed by atoms with Crippen LogP contribution in [0.5, 0.6) is 5.75 Å². The summed E-state index contributed by atoms with van der Waals surface area (Å²) in [6.45, 7) is 4.70. The van der Waals surface area contributed by atoms with Crippen LogP contribution in [-0.2, 0) is 0 Å². The third-order valence-corrected chi connectivity index (χ3v) is 8.87. The fourth-order valence-corrected chi connectivity index (χ4v) is 6.80. The van der Waals surface area contributed by atoms with E-state index in [1.807, 2.05) is 6.07 Å². The number of phenolic OH excluding ortho intramolecular Hbond substituents is 1. The van der Waals surface area contributed by atoms with E-state index in [1.54, 1.807) is 0 Å². The second-order valence-electron chi connectivity index (χ2n) is 11.7. The van der Waals surface area contributed by atoms with Crippen molar-refractivity contribution in [3.05, 3.63) is 77.9 Å². The van der Waals surface area contributed by atoms with Gasteiger partial charge in [-0.15, -0.1) is 0 Å². The number of phenols is 1. The van der Waals surface area contributed by atoms with E-state index in [0.717, 1.165) is 5.56 Å². The van der Waals surface area contributed by atoms with Crippen LogP contribution in [-0.4, -0.2) is 22.1 Å². The summed E-state index contributed by atoms with van der Waals surface area (Å²) in [4.78, 5) is 2.77. The molecule has 0 bridgehead atoms. The Morgan fingerprint density at radius 3 is 2.08 bits per heavy atom. The first-order valence-corrected chi connectivity index (χ1v) is 15.7. The molecule has 2 heteroatoms. The average Bonchev–Trinajstić information content (AvgIpc) is 2.94. The quantitative estimate of drug-likeness (QED) is 0.204. The molecule has 1 aliphatic heterocycles. The van der Waals surface area contributed by atoms with Crippen LogP contribution < -0.4 is 0 Å². The van der Waals surface area contributed by atoms with Crippen LogP contribution >= 0.6 is 0 Å². The van der Waals surface area contributed by atoms with Crippen molar-refractivity contribution in [2.75, 3.05) is 0 Å². The summed E-state index contributed by atoms with van der Waals surface area (Å²) in [5.41, 5.74) is 2.36. The molecule has 0 saturated carbocycles. The van der Waals surface area contributed by atoms with Gasteiger partial charge in [-0.3, -0.25) is 4.90 Å². The van der Waals surface area contributed by atoms with Crippen LogP contribution in [0.3, 0.4) is 0 Å². The minimum atomic E-state index is 0.0651. The number of benzene rings is 3. The molecule has 3 aromatic rings. The van der Waals surface area contributed by atoms with Gasteiger partial charge in [-0.2, -0.15) is 0 Å². The Morgan fingerprint density at radius 2 is 1.37 bits per heavy atom. The monoisotopic (exact) mass is 513 g/mol. The number of likely N-dealkylation sites (tertiary alicyclic amines) is 1. The Morgan fingerprint density at radius 1 is 0.737 bits per heavy atom. The van der Waals surface area contributed by atoms with E-state index in [-0.39, 0.29) is 6.04 Å². The third-order valence-electron chi connectivity index (χ3n) is 8.87. The van der Waals surface area contributed by atoms with Crippen LogP contribution in [0.2, 0.25) is 0 Å². The maximum Gasteiger partial charge on any atom is 0.121 e. The molecular formula is C36H51NO. The minimum absolute atomic E-state index is 0.0651. The lowest BCUT2D eigenvalue weighted by molar-refractivity contribution is 0.0546. The SMILES string of the molecule is CCCCCCCCCCCCC[C@@H]1CCC[C@H](C)N1[C@@H](c1ccccc1)c1c(O)ccc2ccccc12. The maximum atomic E-state index is 11.3. The van der Waals surface area contributed by atoms with Crippen molar-refractivity contribution in [1.29, 1.82) is 0 Å². The second-order valence-corrected chi connectivity index (χ2v) is 11.7. The van der Waals surface area contributed by atoms with E-state index < -0.39 is 0 Å². The normalized spacial score (nSPS) is 19.1. The van der Waals surface area contributed by atoms with Crippen LogP contribution in [0.25, 0.3) is 10.8 Å². The van der Waals surface area contributed by atoms with E-state index in [1.165, 1.54) is 113 Å². The zero-order chi connectivity index (χ0) is 26.6.